The average Bonchev–Trinajstić information content (AvgIpc) is 3.12. The zero-order valence-corrected chi connectivity index (χ0v) is 12.4. The highest BCUT2D eigenvalue weighted by Crippen LogP contribution is 2.38. The first-order valence-corrected chi connectivity index (χ1v) is 7.15. The lowest BCUT2D eigenvalue weighted by atomic mass is 9.87. The lowest BCUT2D eigenvalue weighted by molar-refractivity contribution is 0.590. The third-order valence-corrected chi connectivity index (χ3v) is 3.91. The molecule has 1 heterocycles. The van der Waals surface area contributed by atoms with Crippen molar-refractivity contribution in [2.75, 3.05) is 0 Å². The molecule has 1 aromatic heterocycles. The number of nitrogens with one attached hydrogen (secondary N) is 1. The Bertz CT molecular complexity index is 639. The maximum absolute atomic E-state index is 5.32. The lowest BCUT2D eigenvalue weighted by Gasteiger charge is -2.19. The summed E-state index contributed by atoms with van der Waals surface area (Å²) in [7, 11) is 0. The molecule has 100 valence electrons. The fraction of sp³-hybridized carbons (Fsp3) is 0.467. The summed E-state index contributed by atoms with van der Waals surface area (Å²) < 4.78 is 2.89. The molecule has 19 heavy (non-hydrogen) atoms. The summed E-state index contributed by atoms with van der Waals surface area (Å²) >= 11 is 5.32. The van der Waals surface area contributed by atoms with E-state index in [1.165, 1.54) is 18.4 Å². The van der Waals surface area contributed by atoms with E-state index in [2.05, 4.69) is 59.8 Å². The highest BCUT2D eigenvalue weighted by molar-refractivity contribution is 7.71. The molecule has 1 saturated carbocycles. The summed E-state index contributed by atoms with van der Waals surface area (Å²) in [5.74, 6) is 0.966. The van der Waals surface area contributed by atoms with Crippen molar-refractivity contribution < 1.29 is 0 Å². The summed E-state index contributed by atoms with van der Waals surface area (Å²) in [6.07, 6.45) is 2.42. The molecular weight excluding hydrogens is 254 g/mol. The maximum atomic E-state index is 5.32. The molecule has 0 atom stereocenters. The van der Waals surface area contributed by atoms with E-state index in [1.807, 2.05) is 0 Å². The summed E-state index contributed by atoms with van der Waals surface area (Å²) in [5.41, 5.74) is 2.65. The van der Waals surface area contributed by atoms with Gasteiger partial charge in [-0.25, -0.2) is 0 Å². The van der Waals surface area contributed by atoms with E-state index < -0.39 is 0 Å². The highest BCUT2D eigenvalue weighted by Gasteiger charge is 2.27. The summed E-state index contributed by atoms with van der Waals surface area (Å²) in [6.45, 7) is 6.67. The van der Waals surface area contributed by atoms with Crippen molar-refractivity contribution in [1.29, 1.82) is 0 Å². The minimum Gasteiger partial charge on any atom is -0.297 e. The van der Waals surface area contributed by atoms with Gasteiger partial charge in [0, 0.05) is 11.6 Å². The van der Waals surface area contributed by atoms with E-state index in [-0.39, 0.29) is 5.41 Å². The molecule has 1 aromatic carbocycles. The van der Waals surface area contributed by atoms with Gasteiger partial charge in [0.25, 0.3) is 0 Å². The fourth-order valence-corrected chi connectivity index (χ4v) is 2.58. The molecule has 0 aliphatic heterocycles. The van der Waals surface area contributed by atoms with Gasteiger partial charge in [0.15, 0.2) is 10.6 Å². The van der Waals surface area contributed by atoms with Crippen molar-refractivity contribution in [3.63, 3.8) is 0 Å². The SMILES string of the molecule is CC(C)(C)c1ccc(-c2n[nH]c(=S)n2C2CC2)cc1. The number of hydrogen-bond donors (Lipinski definition) is 1. The van der Waals surface area contributed by atoms with Crippen LogP contribution < -0.4 is 0 Å². The number of nitrogens with zero attached hydrogens (tertiary/aromatic N) is 2. The zero-order chi connectivity index (χ0) is 13.6. The molecule has 0 saturated heterocycles. The van der Waals surface area contributed by atoms with Crippen molar-refractivity contribution in [1.82, 2.24) is 14.8 Å². The largest absolute Gasteiger partial charge is 0.297 e. The molecule has 4 heteroatoms. The Morgan fingerprint density at radius 2 is 1.84 bits per heavy atom. The Labute approximate surface area is 118 Å². The predicted molar refractivity (Wildman–Crippen MR) is 79.8 cm³/mol. The normalized spacial score (nSPS) is 15.7. The molecular formula is C15H19N3S. The monoisotopic (exact) mass is 273 g/mol. The molecule has 1 N–H and O–H groups in total. The topological polar surface area (TPSA) is 33.6 Å². The Kier molecular flexibility index (Phi) is 2.86. The van der Waals surface area contributed by atoms with Gasteiger partial charge in [0.1, 0.15) is 0 Å². The molecule has 1 aliphatic rings. The molecule has 0 unspecified atom stereocenters. The maximum Gasteiger partial charge on any atom is 0.195 e. The van der Waals surface area contributed by atoms with Gasteiger partial charge in [-0.2, -0.15) is 5.10 Å². The fourth-order valence-electron chi connectivity index (χ4n) is 2.30. The quantitative estimate of drug-likeness (QED) is 0.830. The first-order valence-electron chi connectivity index (χ1n) is 6.74. The van der Waals surface area contributed by atoms with Crippen molar-refractivity contribution in [2.45, 2.75) is 45.1 Å². The van der Waals surface area contributed by atoms with Crippen molar-refractivity contribution in [3.8, 4) is 11.4 Å². The second-order valence-electron chi connectivity index (χ2n) is 6.28. The van der Waals surface area contributed by atoms with E-state index in [0.29, 0.717) is 6.04 Å². The predicted octanol–water partition coefficient (Wildman–Crippen LogP) is 4.24. The van der Waals surface area contributed by atoms with Gasteiger partial charge in [0.2, 0.25) is 0 Å². The Hall–Kier alpha value is -1.42. The number of hydrogen-bond acceptors (Lipinski definition) is 2. The zero-order valence-electron chi connectivity index (χ0n) is 11.6. The van der Waals surface area contributed by atoms with Gasteiger partial charge in [-0.1, -0.05) is 45.0 Å². The average molecular weight is 273 g/mol. The van der Waals surface area contributed by atoms with Crippen molar-refractivity contribution >= 4 is 12.2 Å². The van der Waals surface area contributed by atoms with Crippen LogP contribution >= 0.6 is 12.2 Å². The third kappa shape index (κ3) is 2.37. The summed E-state index contributed by atoms with van der Waals surface area (Å²) in [4.78, 5) is 0. The minimum atomic E-state index is 0.180. The Morgan fingerprint density at radius 1 is 1.21 bits per heavy atom. The van der Waals surface area contributed by atoms with Crippen LogP contribution in [0.3, 0.4) is 0 Å². The van der Waals surface area contributed by atoms with E-state index in [1.54, 1.807) is 0 Å². The lowest BCUT2D eigenvalue weighted by Crippen LogP contribution is -2.10. The van der Waals surface area contributed by atoms with Gasteiger partial charge in [-0.15, -0.1) is 0 Å². The third-order valence-electron chi connectivity index (χ3n) is 3.63. The second kappa shape index (κ2) is 4.30. The molecule has 3 nitrogen and oxygen atoms in total. The number of rotatable bonds is 2. The molecule has 3 rings (SSSR count). The van der Waals surface area contributed by atoms with E-state index in [4.69, 9.17) is 12.2 Å². The molecule has 1 aliphatic carbocycles. The van der Waals surface area contributed by atoms with Crippen LogP contribution in [-0.2, 0) is 5.41 Å². The number of aromatic amines is 1. The standard InChI is InChI=1S/C15H19N3S/c1-15(2,3)11-6-4-10(5-7-11)13-16-17-14(19)18(13)12-8-9-12/h4-7,12H,8-9H2,1-3H3,(H,17,19). The molecule has 2 aromatic rings. The number of aromatic nitrogens is 3. The number of H-pyrrole nitrogens is 1. The molecule has 0 spiro atoms. The summed E-state index contributed by atoms with van der Waals surface area (Å²) in [6, 6.07) is 9.20. The molecule has 1 fully saturated rings. The van der Waals surface area contributed by atoms with Gasteiger partial charge in [-0.05, 0) is 36.0 Å². The van der Waals surface area contributed by atoms with Gasteiger partial charge in [-0.3, -0.25) is 9.67 Å². The highest BCUT2D eigenvalue weighted by atomic mass is 32.1. The van der Waals surface area contributed by atoms with Crippen LogP contribution in [0.15, 0.2) is 24.3 Å². The molecule has 0 bridgehead atoms. The first-order chi connectivity index (χ1) is 8.97. The first kappa shape index (κ1) is 12.6. The molecule has 0 radical (unpaired) electrons. The van der Waals surface area contributed by atoms with Gasteiger partial charge < -0.3 is 0 Å². The Balaban J connectivity index is 2.01. The van der Waals surface area contributed by atoms with Crippen LogP contribution in [0.4, 0.5) is 0 Å². The van der Waals surface area contributed by atoms with Gasteiger partial charge in [0.05, 0.1) is 0 Å². The smallest absolute Gasteiger partial charge is 0.195 e. The van der Waals surface area contributed by atoms with Crippen LogP contribution in [0.5, 0.6) is 0 Å². The summed E-state index contributed by atoms with van der Waals surface area (Å²) in [5, 5.41) is 7.30. The second-order valence-corrected chi connectivity index (χ2v) is 6.67. The van der Waals surface area contributed by atoms with Crippen LogP contribution in [0, 0.1) is 4.77 Å². The van der Waals surface area contributed by atoms with Gasteiger partial charge >= 0.3 is 0 Å². The molecule has 0 amide bonds. The van der Waals surface area contributed by atoms with Crippen LogP contribution in [-0.4, -0.2) is 14.8 Å². The van der Waals surface area contributed by atoms with Crippen LogP contribution in [0.25, 0.3) is 11.4 Å². The van der Waals surface area contributed by atoms with E-state index >= 15 is 0 Å². The number of benzene rings is 1. The van der Waals surface area contributed by atoms with E-state index in [0.717, 1.165) is 16.2 Å². The Morgan fingerprint density at radius 3 is 2.37 bits per heavy atom. The van der Waals surface area contributed by atoms with Crippen molar-refractivity contribution in [2.24, 2.45) is 0 Å². The van der Waals surface area contributed by atoms with E-state index in [9.17, 15) is 0 Å². The van der Waals surface area contributed by atoms with Crippen molar-refractivity contribution in [3.05, 3.63) is 34.6 Å². The van der Waals surface area contributed by atoms with Crippen LogP contribution in [0.2, 0.25) is 0 Å². The van der Waals surface area contributed by atoms with Crippen LogP contribution in [0.1, 0.15) is 45.2 Å². The minimum absolute atomic E-state index is 0.180.